The number of rotatable bonds is 4. The van der Waals surface area contributed by atoms with Gasteiger partial charge < -0.3 is 13.6 Å². The van der Waals surface area contributed by atoms with Gasteiger partial charge in [0.15, 0.2) is 5.69 Å². The van der Waals surface area contributed by atoms with Crippen molar-refractivity contribution in [2.75, 3.05) is 11.9 Å². The van der Waals surface area contributed by atoms with Crippen LogP contribution in [0.5, 0.6) is 0 Å². The number of anilines is 1. The fraction of sp³-hybridized carbons (Fsp3) is 0.308. The number of carbonyl (C=O) groups is 2. The first-order valence-electron chi connectivity index (χ1n) is 6.34. The molecule has 0 saturated carbocycles. The standard InChI is InChI=1S/C13H11F3N2O5/c1-3-21-11(20)8-9(13(14,15)16)17-12(23-8)18-10(19)7-4-5-22-6(7)2/h4-5H,3H2,1-2H3,(H,17,18,19). The molecule has 2 aromatic heterocycles. The highest BCUT2D eigenvalue weighted by Gasteiger charge is 2.42. The largest absolute Gasteiger partial charge is 0.469 e. The molecular weight excluding hydrogens is 321 g/mol. The average Bonchev–Trinajstić information content (AvgIpc) is 3.04. The Morgan fingerprint density at radius 3 is 2.61 bits per heavy atom. The van der Waals surface area contributed by atoms with Crippen LogP contribution in [-0.2, 0) is 10.9 Å². The number of halogens is 3. The molecule has 0 aliphatic heterocycles. The van der Waals surface area contributed by atoms with Crippen LogP contribution in [0, 0.1) is 6.92 Å². The minimum atomic E-state index is -4.94. The molecule has 0 radical (unpaired) electrons. The molecule has 1 N–H and O–H groups in total. The van der Waals surface area contributed by atoms with Gasteiger partial charge in [-0.2, -0.15) is 18.2 Å². The molecule has 0 aliphatic rings. The molecule has 0 fully saturated rings. The number of amides is 1. The zero-order chi connectivity index (χ0) is 17.2. The lowest BCUT2D eigenvalue weighted by Gasteiger charge is -2.03. The molecule has 2 rings (SSSR count). The van der Waals surface area contributed by atoms with E-state index in [4.69, 9.17) is 8.83 Å². The maximum atomic E-state index is 12.9. The van der Waals surface area contributed by atoms with Gasteiger partial charge in [-0.05, 0) is 19.9 Å². The van der Waals surface area contributed by atoms with E-state index in [0.717, 1.165) is 0 Å². The van der Waals surface area contributed by atoms with Crippen LogP contribution < -0.4 is 5.32 Å². The van der Waals surface area contributed by atoms with Crippen molar-refractivity contribution in [2.45, 2.75) is 20.0 Å². The van der Waals surface area contributed by atoms with Gasteiger partial charge in [-0.1, -0.05) is 0 Å². The predicted octanol–water partition coefficient (Wildman–Crippen LogP) is 3.02. The highest BCUT2D eigenvalue weighted by molar-refractivity contribution is 6.04. The van der Waals surface area contributed by atoms with E-state index in [0.29, 0.717) is 0 Å². The summed E-state index contributed by atoms with van der Waals surface area (Å²) < 4.78 is 52.7. The summed E-state index contributed by atoms with van der Waals surface area (Å²) >= 11 is 0. The number of aryl methyl sites for hydroxylation is 1. The summed E-state index contributed by atoms with van der Waals surface area (Å²) in [4.78, 5) is 26.5. The maximum Gasteiger partial charge on any atom is 0.437 e. The minimum Gasteiger partial charge on any atom is -0.469 e. The Labute approximate surface area is 127 Å². The Morgan fingerprint density at radius 2 is 2.09 bits per heavy atom. The fourth-order valence-electron chi connectivity index (χ4n) is 1.69. The van der Waals surface area contributed by atoms with Gasteiger partial charge in [0.2, 0.25) is 5.76 Å². The van der Waals surface area contributed by atoms with Gasteiger partial charge in [-0.25, -0.2) is 4.79 Å². The van der Waals surface area contributed by atoms with Gasteiger partial charge in [0, 0.05) is 0 Å². The van der Waals surface area contributed by atoms with E-state index in [2.05, 4.69) is 9.72 Å². The van der Waals surface area contributed by atoms with Crippen molar-refractivity contribution in [1.29, 1.82) is 0 Å². The van der Waals surface area contributed by atoms with E-state index in [9.17, 15) is 22.8 Å². The minimum absolute atomic E-state index is 0.0921. The van der Waals surface area contributed by atoms with E-state index in [1.54, 1.807) is 0 Å². The molecule has 0 atom stereocenters. The van der Waals surface area contributed by atoms with Crippen LogP contribution in [0.2, 0.25) is 0 Å². The van der Waals surface area contributed by atoms with E-state index in [1.165, 1.54) is 26.2 Å². The number of carbonyl (C=O) groups excluding carboxylic acids is 2. The van der Waals surface area contributed by atoms with Crippen molar-refractivity contribution in [2.24, 2.45) is 0 Å². The third-order valence-electron chi connectivity index (χ3n) is 2.68. The zero-order valence-electron chi connectivity index (χ0n) is 12.0. The van der Waals surface area contributed by atoms with Crippen molar-refractivity contribution in [3.05, 3.63) is 35.1 Å². The molecule has 124 valence electrons. The van der Waals surface area contributed by atoms with Crippen molar-refractivity contribution in [3.63, 3.8) is 0 Å². The summed E-state index contributed by atoms with van der Waals surface area (Å²) in [5, 5.41) is 2.03. The van der Waals surface area contributed by atoms with Gasteiger partial charge in [0.25, 0.3) is 5.91 Å². The number of nitrogens with one attached hydrogen (secondary N) is 1. The van der Waals surface area contributed by atoms with Crippen LogP contribution in [0.4, 0.5) is 19.2 Å². The lowest BCUT2D eigenvalue weighted by atomic mass is 10.2. The lowest BCUT2D eigenvalue weighted by molar-refractivity contribution is -0.141. The molecular formula is C13H11F3N2O5. The Bertz CT molecular complexity index is 732. The molecule has 2 aromatic rings. The molecule has 1 amide bonds. The summed E-state index contributed by atoms with van der Waals surface area (Å²) in [5.74, 6) is -2.98. The van der Waals surface area contributed by atoms with Crippen LogP contribution in [0.25, 0.3) is 0 Å². The summed E-state index contributed by atoms with van der Waals surface area (Å²) in [6, 6.07) is 0.552. The molecule has 2 heterocycles. The third-order valence-corrected chi connectivity index (χ3v) is 2.68. The molecule has 0 bridgehead atoms. The molecule has 23 heavy (non-hydrogen) atoms. The molecule has 0 unspecified atom stereocenters. The maximum absolute atomic E-state index is 12.9. The van der Waals surface area contributed by atoms with Gasteiger partial charge in [-0.3, -0.25) is 10.1 Å². The summed E-state index contributed by atoms with van der Waals surface area (Å²) in [6.07, 6.45) is -3.70. The molecule has 0 aliphatic carbocycles. The second kappa shape index (κ2) is 6.15. The number of aromatic nitrogens is 1. The first-order valence-corrected chi connectivity index (χ1v) is 6.34. The highest BCUT2D eigenvalue weighted by atomic mass is 19.4. The van der Waals surface area contributed by atoms with Crippen LogP contribution in [-0.4, -0.2) is 23.5 Å². The SMILES string of the molecule is CCOC(=O)c1oc(NC(=O)c2ccoc2C)nc1C(F)(F)F. The quantitative estimate of drug-likeness (QED) is 0.865. The second-order valence-corrected chi connectivity index (χ2v) is 4.26. The number of hydrogen-bond donors (Lipinski definition) is 1. The monoisotopic (exact) mass is 332 g/mol. The van der Waals surface area contributed by atoms with Crippen molar-refractivity contribution in [1.82, 2.24) is 4.98 Å². The van der Waals surface area contributed by atoms with E-state index in [1.807, 2.05) is 5.32 Å². The van der Waals surface area contributed by atoms with Crippen LogP contribution in [0.15, 0.2) is 21.2 Å². The average molecular weight is 332 g/mol. The van der Waals surface area contributed by atoms with Crippen LogP contribution in [0.1, 0.15) is 39.3 Å². The molecule has 10 heteroatoms. The summed E-state index contributed by atoms with van der Waals surface area (Å²) in [5.41, 5.74) is -1.48. The Kier molecular flexibility index (Phi) is 4.43. The van der Waals surface area contributed by atoms with Crippen molar-refractivity contribution < 1.29 is 36.3 Å². The highest BCUT2D eigenvalue weighted by Crippen LogP contribution is 2.33. The Hall–Kier alpha value is -2.78. The number of furan rings is 1. The summed E-state index contributed by atoms with van der Waals surface area (Å²) in [7, 11) is 0. The number of esters is 1. The molecule has 0 spiro atoms. The first-order chi connectivity index (χ1) is 10.7. The number of ether oxygens (including phenoxy) is 1. The van der Waals surface area contributed by atoms with Gasteiger partial charge in [0.1, 0.15) is 5.76 Å². The predicted molar refractivity (Wildman–Crippen MR) is 68.9 cm³/mol. The Balaban J connectivity index is 2.32. The van der Waals surface area contributed by atoms with Gasteiger partial charge in [-0.15, -0.1) is 0 Å². The van der Waals surface area contributed by atoms with Crippen molar-refractivity contribution in [3.8, 4) is 0 Å². The van der Waals surface area contributed by atoms with E-state index < -0.39 is 35.5 Å². The summed E-state index contributed by atoms with van der Waals surface area (Å²) in [6.45, 7) is 2.77. The second-order valence-electron chi connectivity index (χ2n) is 4.26. The van der Waals surface area contributed by atoms with Gasteiger partial charge in [0.05, 0.1) is 18.4 Å². The lowest BCUT2D eigenvalue weighted by Crippen LogP contribution is -2.14. The number of alkyl halides is 3. The number of oxazole rings is 1. The number of nitrogens with zero attached hydrogens (tertiary/aromatic N) is 1. The topological polar surface area (TPSA) is 94.6 Å². The van der Waals surface area contributed by atoms with E-state index in [-0.39, 0.29) is 17.9 Å². The normalized spacial score (nSPS) is 11.3. The Morgan fingerprint density at radius 1 is 1.39 bits per heavy atom. The molecule has 7 nitrogen and oxygen atoms in total. The van der Waals surface area contributed by atoms with Gasteiger partial charge >= 0.3 is 18.2 Å². The molecule has 0 saturated heterocycles. The fourth-order valence-corrected chi connectivity index (χ4v) is 1.69. The first kappa shape index (κ1) is 16.6. The van der Waals surface area contributed by atoms with Crippen LogP contribution in [0.3, 0.4) is 0 Å². The smallest absolute Gasteiger partial charge is 0.437 e. The van der Waals surface area contributed by atoms with Crippen molar-refractivity contribution >= 4 is 17.9 Å². The van der Waals surface area contributed by atoms with E-state index >= 15 is 0 Å². The zero-order valence-corrected chi connectivity index (χ0v) is 12.0. The van der Waals surface area contributed by atoms with Crippen LogP contribution >= 0.6 is 0 Å². The molecule has 0 aromatic carbocycles. The third kappa shape index (κ3) is 3.52. The number of hydrogen-bond acceptors (Lipinski definition) is 6.